The van der Waals surface area contributed by atoms with Crippen molar-refractivity contribution < 1.29 is 17.6 Å². The van der Waals surface area contributed by atoms with E-state index in [-0.39, 0.29) is 13.1 Å². The number of nitrogens with zero attached hydrogens (tertiary/aromatic N) is 2. The molecule has 0 saturated carbocycles. The molecular formula is C32H24Cl2FeN2O. The molecule has 5 aromatic carbocycles. The Kier molecular flexibility index (Phi) is 8.26. The van der Waals surface area contributed by atoms with Gasteiger partial charge in [-0.1, -0.05) is 84.9 Å². The number of halogens is 2. The molecule has 0 bridgehead atoms. The van der Waals surface area contributed by atoms with Crippen molar-refractivity contribution in [3.05, 3.63) is 121 Å². The van der Waals surface area contributed by atoms with E-state index in [0.29, 0.717) is 0 Å². The van der Waals surface area contributed by atoms with Crippen molar-refractivity contribution in [3.8, 4) is 0 Å². The van der Waals surface area contributed by atoms with Crippen LogP contribution < -0.4 is 0 Å². The van der Waals surface area contributed by atoms with E-state index < -0.39 is 0 Å². The molecule has 0 aliphatic rings. The molecule has 3 nitrogen and oxygen atoms in total. The van der Waals surface area contributed by atoms with E-state index in [1.165, 1.54) is 16.2 Å². The second-order valence-electron chi connectivity index (χ2n) is 8.77. The van der Waals surface area contributed by atoms with Crippen LogP contribution in [0.3, 0.4) is 0 Å². The summed E-state index contributed by atoms with van der Waals surface area (Å²) in [4.78, 5) is 9.95. The summed E-state index contributed by atoms with van der Waals surface area (Å²) in [5.74, 6) is 1.48. The summed E-state index contributed by atoms with van der Waals surface area (Å²) >= 11 is 0.194. The molecule has 0 radical (unpaired) electrons. The summed E-state index contributed by atoms with van der Waals surface area (Å²) in [6.07, 6.45) is 0. The predicted molar refractivity (Wildman–Crippen MR) is 160 cm³/mol. The van der Waals surface area contributed by atoms with Crippen LogP contribution in [0.5, 0.6) is 0 Å². The fourth-order valence-corrected chi connectivity index (χ4v) is 4.60. The first-order valence-corrected chi connectivity index (χ1v) is 15.1. The number of hydrogen-bond donors (Lipinski definition) is 0. The van der Waals surface area contributed by atoms with E-state index >= 15 is 0 Å². The van der Waals surface area contributed by atoms with E-state index in [0.717, 1.165) is 50.5 Å². The Morgan fingerprint density at radius 2 is 1.05 bits per heavy atom. The average Bonchev–Trinajstić information content (AvgIpc) is 3.44. The van der Waals surface area contributed by atoms with Crippen LogP contribution in [0.2, 0.25) is 0 Å². The molecule has 0 spiro atoms. The summed E-state index contributed by atoms with van der Waals surface area (Å²) in [6, 6.07) is 37.4. The van der Waals surface area contributed by atoms with Gasteiger partial charge in [0.2, 0.25) is 0 Å². The molecule has 6 aromatic rings. The SMILES string of the molecule is CC(=Nc1cccc2ccccc12)c1ccc(C(C)=Nc2c3ccccc3cc3ccccc23)o1.[Cl][Fe][Cl]. The molecule has 0 N–H and O–H groups in total. The summed E-state index contributed by atoms with van der Waals surface area (Å²) in [7, 11) is 9.53. The minimum atomic E-state index is 0.194. The summed E-state index contributed by atoms with van der Waals surface area (Å²) < 4.78 is 6.23. The van der Waals surface area contributed by atoms with Crippen LogP contribution in [0.1, 0.15) is 25.4 Å². The topological polar surface area (TPSA) is 37.9 Å². The van der Waals surface area contributed by atoms with Gasteiger partial charge in [0.15, 0.2) is 0 Å². The standard InChI is InChI=1S/C32H24N2O.2ClH.Fe/c1-21(33-29-17-9-13-23-10-3-6-14-26(23)29)30-18-19-31(35-30)22(2)34-32-27-15-7-4-11-24(27)20-25-12-5-8-16-28(25)32;;;/h3-20H,1-2H3;2*1H;/q;;;+2/p-2. The van der Waals surface area contributed by atoms with Crippen molar-refractivity contribution >= 4 is 75.3 Å². The van der Waals surface area contributed by atoms with Crippen LogP contribution in [0.15, 0.2) is 124 Å². The Morgan fingerprint density at radius 3 is 1.66 bits per heavy atom. The number of aliphatic imine (C=N–C) groups is 2. The molecule has 0 unspecified atom stereocenters. The maximum atomic E-state index is 6.23. The van der Waals surface area contributed by atoms with Gasteiger partial charge in [-0.3, -0.25) is 0 Å². The molecule has 0 amide bonds. The maximum absolute atomic E-state index is 6.23. The Balaban J connectivity index is 0.000000937. The molecule has 1 heterocycles. The first kappa shape index (κ1) is 26.2. The monoisotopic (exact) mass is 578 g/mol. The zero-order chi connectivity index (χ0) is 26.5. The van der Waals surface area contributed by atoms with E-state index in [4.69, 9.17) is 34.6 Å². The third kappa shape index (κ3) is 5.55. The molecule has 38 heavy (non-hydrogen) atoms. The molecule has 0 aliphatic carbocycles. The number of furan rings is 1. The van der Waals surface area contributed by atoms with Gasteiger partial charge in [-0.25, -0.2) is 9.98 Å². The Bertz CT molecular complexity index is 1750. The van der Waals surface area contributed by atoms with Crippen molar-refractivity contribution in [3.63, 3.8) is 0 Å². The van der Waals surface area contributed by atoms with Crippen LogP contribution in [-0.4, -0.2) is 11.4 Å². The van der Waals surface area contributed by atoms with Crippen LogP contribution in [-0.2, 0) is 13.1 Å². The normalized spacial score (nSPS) is 12.2. The van der Waals surface area contributed by atoms with Gasteiger partial charge in [0.05, 0.1) is 22.8 Å². The fourth-order valence-electron chi connectivity index (χ4n) is 4.60. The minimum absolute atomic E-state index is 0.194. The number of benzene rings is 5. The number of rotatable bonds is 4. The molecule has 0 atom stereocenters. The molecule has 0 fully saturated rings. The second kappa shape index (κ2) is 12.0. The van der Waals surface area contributed by atoms with Crippen LogP contribution in [0.25, 0.3) is 32.3 Å². The molecule has 0 saturated heterocycles. The molecule has 190 valence electrons. The fraction of sp³-hybridized carbons (Fsp3) is 0.0625. The van der Waals surface area contributed by atoms with E-state index in [9.17, 15) is 0 Å². The van der Waals surface area contributed by atoms with Crippen molar-refractivity contribution in [2.24, 2.45) is 9.98 Å². The van der Waals surface area contributed by atoms with E-state index in [1.807, 2.05) is 50.2 Å². The van der Waals surface area contributed by atoms with Crippen molar-refractivity contribution in [2.45, 2.75) is 13.8 Å². The molecule has 1 aromatic heterocycles. The van der Waals surface area contributed by atoms with Crippen molar-refractivity contribution in [2.75, 3.05) is 0 Å². The van der Waals surface area contributed by atoms with Gasteiger partial charge in [0, 0.05) is 16.2 Å². The molecular weight excluding hydrogens is 555 g/mol. The van der Waals surface area contributed by atoms with Crippen LogP contribution in [0, 0.1) is 0 Å². The third-order valence-corrected chi connectivity index (χ3v) is 6.40. The summed E-state index contributed by atoms with van der Waals surface area (Å²) in [5.41, 5.74) is 3.56. The zero-order valence-corrected chi connectivity index (χ0v) is 23.4. The quantitative estimate of drug-likeness (QED) is 0.116. The summed E-state index contributed by atoms with van der Waals surface area (Å²) in [6.45, 7) is 3.98. The predicted octanol–water partition coefficient (Wildman–Crippen LogP) is 10.4. The zero-order valence-electron chi connectivity index (χ0n) is 20.8. The van der Waals surface area contributed by atoms with Gasteiger partial charge in [0.1, 0.15) is 11.5 Å². The van der Waals surface area contributed by atoms with Crippen molar-refractivity contribution in [1.29, 1.82) is 0 Å². The van der Waals surface area contributed by atoms with Gasteiger partial charge in [-0.05, 0) is 54.3 Å². The van der Waals surface area contributed by atoms with E-state index in [1.54, 1.807) is 0 Å². The van der Waals surface area contributed by atoms with Gasteiger partial charge < -0.3 is 4.42 Å². The van der Waals surface area contributed by atoms with Gasteiger partial charge >= 0.3 is 33.3 Å². The van der Waals surface area contributed by atoms with Gasteiger partial charge in [-0.15, -0.1) is 0 Å². The number of fused-ring (bicyclic) bond motifs is 3. The van der Waals surface area contributed by atoms with Gasteiger partial charge in [0.25, 0.3) is 0 Å². The Hall–Kier alpha value is -3.40. The Labute approximate surface area is 236 Å². The van der Waals surface area contributed by atoms with Crippen LogP contribution >= 0.6 is 20.2 Å². The molecule has 0 aliphatic heterocycles. The first-order valence-electron chi connectivity index (χ1n) is 12.0. The second-order valence-corrected chi connectivity index (χ2v) is 10.6. The Morgan fingerprint density at radius 1 is 0.579 bits per heavy atom. The first-order chi connectivity index (χ1) is 18.6. The molecule has 6 heteroatoms. The third-order valence-electron chi connectivity index (χ3n) is 6.40. The molecule has 6 rings (SSSR count). The van der Waals surface area contributed by atoms with E-state index in [2.05, 4.69) is 72.8 Å². The summed E-state index contributed by atoms with van der Waals surface area (Å²) in [5, 5.41) is 6.91. The van der Waals surface area contributed by atoms with Crippen molar-refractivity contribution in [1.82, 2.24) is 0 Å². The van der Waals surface area contributed by atoms with Gasteiger partial charge in [-0.2, -0.15) is 0 Å². The van der Waals surface area contributed by atoms with Crippen LogP contribution in [0.4, 0.5) is 11.4 Å². The number of hydrogen-bond acceptors (Lipinski definition) is 3. The average molecular weight is 579 g/mol.